The van der Waals surface area contributed by atoms with E-state index in [0.717, 1.165) is 48.7 Å². The lowest BCUT2D eigenvalue weighted by Crippen LogP contribution is -2.37. The molecule has 1 atom stereocenters. The molecule has 0 aromatic heterocycles. The highest BCUT2D eigenvalue weighted by Crippen LogP contribution is 2.24. The van der Waals surface area contributed by atoms with Gasteiger partial charge < -0.3 is 15.2 Å². The van der Waals surface area contributed by atoms with E-state index in [1.54, 1.807) is 0 Å². The van der Waals surface area contributed by atoms with Crippen molar-refractivity contribution in [2.75, 3.05) is 13.1 Å². The average Bonchev–Trinajstić information content (AvgIpc) is 3.29. The molecule has 0 saturated carbocycles. The first-order valence-corrected chi connectivity index (χ1v) is 12.3. The van der Waals surface area contributed by atoms with E-state index in [0.29, 0.717) is 16.5 Å². The number of nitrogens with one attached hydrogen (secondary N) is 1. The van der Waals surface area contributed by atoms with Crippen LogP contribution in [0.1, 0.15) is 17.5 Å². The van der Waals surface area contributed by atoms with Gasteiger partial charge in [0.15, 0.2) is 0 Å². The number of halogens is 5. The molecule has 1 saturated heterocycles. The Morgan fingerprint density at radius 3 is 2.16 bits per heavy atom. The van der Waals surface area contributed by atoms with Crippen LogP contribution < -0.4 is 10.1 Å². The minimum absolute atomic E-state index is 0.0399. The number of alkyl halides is 3. The minimum atomic E-state index is -5.08. The van der Waals surface area contributed by atoms with Crippen LogP contribution in [0.4, 0.5) is 13.2 Å². The molecule has 2 N–H and O–H groups in total. The van der Waals surface area contributed by atoms with Crippen molar-refractivity contribution in [3.05, 3.63) is 94.0 Å². The number of rotatable bonds is 7. The number of aliphatic carboxylic acids is 1. The van der Waals surface area contributed by atoms with E-state index in [2.05, 4.69) is 10.2 Å². The van der Waals surface area contributed by atoms with E-state index in [9.17, 15) is 18.0 Å². The molecule has 1 unspecified atom stereocenters. The van der Waals surface area contributed by atoms with Gasteiger partial charge in [0.05, 0.1) is 16.5 Å². The first kappa shape index (κ1) is 29.3. The fourth-order valence-electron chi connectivity index (χ4n) is 3.75. The summed E-state index contributed by atoms with van der Waals surface area (Å²) in [5.41, 5.74) is 2.09. The Hall–Kier alpha value is -3.27. The van der Waals surface area contributed by atoms with Crippen LogP contribution in [0.5, 0.6) is 11.5 Å². The molecular weight excluding hydrogens is 544 g/mol. The molecule has 202 valence electrons. The molecule has 0 bridgehead atoms. The topological polar surface area (TPSA) is 78.9 Å². The van der Waals surface area contributed by atoms with Crippen molar-refractivity contribution in [2.45, 2.75) is 31.6 Å². The van der Waals surface area contributed by atoms with Crippen molar-refractivity contribution in [1.29, 1.82) is 0 Å². The second kappa shape index (κ2) is 13.5. The number of carbonyl (C=O) groups excluding carboxylic acids is 1. The first-order valence-electron chi connectivity index (χ1n) is 11.6. The number of para-hydroxylation sites is 1. The monoisotopic (exact) mass is 568 g/mol. The highest BCUT2D eigenvalue weighted by atomic mass is 35.5. The highest BCUT2D eigenvalue weighted by molar-refractivity contribution is 6.42. The van der Waals surface area contributed by atoms with Gasteiger partial charge in [-0.1, -0.05) is 59.6 Å². The van der Waals surface area contributed by atoms with Crippen molar-refractivity contribution in [2.24, 2.45) is 0 Å². The third kappa shape index (κ3) is 9.55. The second-order valence-corrected chi connectivity index (χ2v) is 9.39. The fourth-order valence-corrected chi connectivity index (χ4v) is 4.08. The van der Waals surface area contributed by atoms with Gasteiger partial charge >= 0.3 is 12.1 Å². The fraction of sp³-hybridized carbons (Fsp3) is 0.259. The Morgan fingerprint density at radius 2 is 1.55 bits per heavy atom. The molecule has 1 aliphatic heterocycles. The maximum Gasteiger partial charge on any atom is 0.490 e. The zero-order chi connectivity index (χ0) is 27.7. The summed E-state index contributed by atoms with van der Waals surface area (Å²) in [7, 11) is 0. The van der Waals surface area contributed by atoms with Gasteiger partial charge in [0, 0.05) is 25.7 Å². The summed E-state index contributed by atoms with van der Waals surface area (Å²) in [6.07, 6.45) is -3.79. The predicted octanol–water partition coefficient (Wildman–Crippen LogP) is 6.35. The molecule has 11 heteroatoms. The molecule has 6 nitrogen and oxygen atoms in total. The van der Waals surface area contributed by atoms with E-state index >= 15 is 0 Å². The predicted molar refractivity (Wildman–Crippen MR) is 139 cm³/mol. The minimum Gasteiger partial charge on any atom is -0.475 e. The van der Waals surface area contributed by atoms with Gasteiger partial charge in [-0.25, -0.2) is 4.79 Å². The lowest BCUT2D eigenvalue weighted by Gasteiger charge is -2.17. The van der Waals surface area contributed by atoms with Crippen LogP contribution in [-0.4, -0.2) is 47.2 Å². The maximum atomic E-state index is 12.5. The molecule has 4 rings (SSSR count). The van der Waals surface area contributed by atoms with Crippen molar-refractivity contribution >= 4 is 35.1 Å². The Morgan fingerprint density at radius 1 is 0.947 bits per heavy atom. The van der Waals surface area contributed by atoms with Crippen LogP contribution in [0, 0.1) is 0 Å². The molecule has 1 aliphatic rings. The second-order valence-electron chi connectivity index (χ2n) is 8.58. The van der Waals surface area contributed by atoms with Crippen molar-refractivity contribution < 1.29 is 32.6 Å². The number of benzene rings is 3. The smallest absolute Gasteiger partial charge is 0.475 e. The number of carboxylic acid groups (broad SMARTS) is 1. The van der Waals surface area contributed by atoms with E-state index in [1.807, 2.05) is 72.8 Å². The molecule has 0 spiro atoms. The van der Waals surface area contributed by atoms with Gasteiger partial charge in [-0.15, -0.1) is 0 Å². The molecule has 3 aromatic rings. The number of hydrogen-bond acceptors (Lipinski definition) is 4. The third-order valence-corrected chi connectivity index (χ3v) is 6.28. The molecule has 0 aliphatic carbocycles. The quantitative estimate of drug-likeness (QED) is 0.347. The van der Waals surface area contributed by atoms with E-state index < -0.39 is 12.1 Å². The molecule has 1 heterocycles. The van der Waals surface area contributed by atoms with Crippen molar-refractivity contribution in [1.82, 2.24) is 10.2 Å². The average molecular weight is 569 g/mol. The summed E-state index contributed by atoms with van der Waals surface area (Å²) < 4.78 is 37.5. The normalized spacial score (nSPS) is 15.3. The first-order chi connectivity index (χ1) is 18.0. The van der Waals surface area contributed by atoms with Gasteiger partial charge in [-0.3, -0.25) is 9.69 Å². The van der Waals surface area contributed by atoms with Crippen LogP contribution in [0.3, 0.4) is 0 Å². The highest BCUT2D eigenvalue weighted by Gasteiger charge is 2.38. The SMILES string of the molecule is O=C(Cc1ccc(Oc2ccccc2)cc1)NC1CCN(Cc2ccc(Cl)c(Cl)c2)C1.O=C(O)C(F)(F)F. The molecule has 3 aromatic carbocycles. The maximum absolute atomic E-state index is 12.5. The number of nitrogens with zero attached hydrogens (tertiary/aromatic N) is 1. The summed E-state index contributed by atoms with van der Waals surface area (Å²) in [6.45, 7) is 2.57. The van der Waals surface area contributed by atoms with Crippen molar-refractivity contribution in [3.63, 3.8) is 0 Å². The van der Waals surface area contributed by atoms with Gasteiger partial charge in [-0.2, -0.15) is 13.2 Å². The summed E-state index contributed by atoms with van der Waals surface area (Å²) in [5, 5.41) is 11.4. The zero-order valence-corrected chi connectivity index (χ0v) is 21.6. The van der Waals surface area contributed by atoms with Gasteiger partial charge in [0.2, 0.25) is 5.91 Å². The largest absolute Gasteiger partial charge is 0.490 e. The van der Waals surface area contributed by atoms with Crippen LogP contribution >= 0.6 is 23.2 Å². The zero-order valence-electron chi connectivity index (χ0n) is 20.1. The summed E-state index contributed by atoms with van der Waals surface area (Å²) >= 11 is 12.1. The van der Waals surface area contributed by atoms with Crippen LogP contribution in [0.15, 0.2) is 72.8 Å². The molecule has 1 amide bonds. The molecule has 1 fully saturated rings. The van der Waals surface area contributed by atoms with Gasteiger partial charge in [0.1, 0.15) is 11.5 Å². The van der Waals surface area contributed by atoms with E-state index in [4.69, 9.17) is 37.8 Å². The Bertz CT molecular complexity index is 1230. The number of hydrogen-bond donors (Lipinski definition) is 2. The summed E-state index contributed by atoms with van der Waals surface area (Å²) in [6, 6.07) is 23.2. The molecule has 0 radical (unpaired) electrons. The van der Waals surface area contributed by atoms with Crippen LogP contribution in [0.25, 0.3) is 0 Å². The number of amides is 1. The Labute approximate surface area is 227 Å². The lowest BCUT2D eigenvalue weighted by atomic mass is 10.1. The number of carbonyl (C=O) groups is 2. The van der Waals surface area contributed by atoms with Crippen LogP contribution in [-0.2, 0) is 22.6 Å². The molecule has 38 heavy (non-hydrogen) atoms. The Balaban J connectivity index is 0.000000505. The number of carboxylic acids is 1. The summed E-state index contributed by atoms with van der Waals surface area (Å²) in [5.74, 6) is -1.17. The standard InChI is InChI=1S/C25H24Cl2N2O2.C2HF3O2/c26-23-11-8-19(14-24(23)27)16-29-13-12-20(17-29)28-25(30)15-18-6-9-22(10-7-18)31-21-4-2-1-3-5-21;3-2(4,5)1(6)7/h1-11,14,20H,12-13,15-17H2,(H,28,30);(H,6,7). The number of ether oxygens (including phenoxy) is 1. The van der Waals surface area contributed by atoms with Gasteiger partial charge in [0.25, 0.3) is 0 Å². The Kier molecular flexibility index (Phi) is 10.4. The lowest BCUT2D eigenvalue weighted by molar-refractivity contribution is -0.192. The molecular formula is C27H25Cl2F3N2O4. The third-order valence-electron chi connectivity index (χ3n) is 5.54. The summed E-state index contributed by atoms with van der Waals surface area (Å²) in [4.78, 5) is 23.7. The van der Waals surface area contributed by atoms with Crippen molar-refractivity contribution in [3.8, 4) is 11.5 Å². The van der Waals surface area contributed by atoms with Gasteiger partial charge in [-0.05, 0) is 53.9 Å². The van der Waals surface area contributed by atoms with Crippen LogP contribution in [0.2, 0.25) is 10.0 Å². The van der Waals surface area contributed by atoms with E-state index in [1.165, 1.54) is 0 Å². The van der Waals surface area contributed by atoms with E-state index in [-0.39, 0.29) is 11.9 Å². The number of likely N-dealkylation sites (tertiary alicyclic amines) is 1.